The van der Waals surface area contributed by atoms with Gasteiger partial charge in [-0.05, 0) is 39.2 Å². The summed E-state index contributed by atoms with van der Waals surface area (Å²) in [5, 5.41) is 9.97. The van der Waals surface area contributed by atoms with Gasteiger partial charge < -0.3 is 10.0 Å². The van der Waals surface area contributed by atoms with Crippen LogP contribution in [0.15, 0.2) is 23.1 Å². The van der Waals surface area contributed by atoms with E-state index in [2.05, 4.69) is 4.72 Å². The number of halogens is 2. The van der Waals surface area contributed by atoms with Crippen LogP contribution in [0.4, 0.5) is 4.39 Å². The van der Waals surface area contributed by atoms with E-state index in [4.69, 9.17) is 11.6 Å². The van der Waals surface area contributed by atoms with E-state index in [9.17, 15) is 17.9 Å². The average Bonchev–Trinajstić information content (AvgIpc) is 2.28. The molecule has 1 unspecified atom stereocenters. The van der Waals surface area contributed by atoms with Crippen LogP contribution < -0.4 is 4.72 Å². The third kappa shape index (κ3) is 4.99. The summed E-state index contributed by atoms with van der Waals surface area (Å²) in [4.78, 5) is 1.38. The lowest BCUT2D eigenvalue weighted by Gasteiger charge is -2.27. The summed E-state index contributed by atoms with van der Waals surface area (Å²) >= 11 is 5.76. The summed E-state index contributed by atoms with van der Waals surface area (Å²) in [7, 11) is -0.470. The van der Waals surface area contributed by atoms with Crippen molar-refractivity contribution < 1.29 is 17.9 Å². The minimum Gasteiger partial charge on any atom is -0.387 e. The summed E-state index contributed by atoms with van der Waals surface area (Å²) in [5.41, 5.74) is -1.25. The molecule has 8 heteroatoms. The zero-order valence-electron chi connectivity index (χ0n) is 11.5. The number of nitrogens with one attached hydrogen (secondary N) is 1. The highest BCUT2D eigenvalue weighted by Gasteiger charge is 2.26. The summed E-state index contributed by atoms with van der Waals surface area (Å²) in [6.07, 6.45) is 0. The van der Waals surface area contributed by atoms with Crippen molar-refractivity contribution in [1.82, 2.24) is 9.62 Å². The number of nitrogens with zero attached hydrogens (tertiary/aromatic N) is 1. The molecule has 20 heavy (non-hydrogen) atoms. The van der Waals surface area contributed by atoms with Gasteiger partial charge in [-0.2, -0.15) is 0 Å². The molecule has 0 aliphatic heterocycles. The molecule has 0 bridgehead atoms. The fraction of sp³-hybridized carbons (Fsp3) is 0.500. The predicted molar refractivity (Wildman–Crippen MR) is 75.8 cm³/mol. The maximum atomic E-state index is 13.1. The predicted octanol–water partition coefficient (Wildman–Crippen LogP) is 1.07. The van der Waals surface area contributed by atoms with Gasteiger partial charge in [0.15, 0.2) is 0 Å². The largest absolute Gasteiger partial charge is 0.387 e. The molecule has 0 spiro atoms. The van der Waals surface area contributed by atoms with E-state index in [0.29, 0.717) is 0 Å². The Morgan fingerprint density at radius 1 is 1.45 bits per heavy atom. The summed E-state index contributed by atoms with van der Waals surface area (Å²) in [6.45, 7) is 1.56. The molecule has 0 saturated carbocycles. The van der Waals surface area contributed by atoms with Crippen molar-refractivity contribution in [3.05, 3.63) is 29.0 Å². The van der Waals surface area contributed by atoms with Gasteiger partial charge in [0.25, 0.3) is 0 Å². The first kappa shape index (κ1) is 17.3. The van der Waals surface area contributed by atoms with Gasteiger partial charge >= 0.3 is 0 Å². The monoisotopic (exact) mass is 324 g/mol. The Bertz CT molecular complexity index is 576. The first-order valence-electron chi connectivity index (χ1n) is 5.85. The Balaban J connectivity index is 2.88. The van der Waals surface area contributed by atoms with Gasteiger partial charge in [0, 0.05) is 13.1 Å². The SMILES string of the molecule is CN(C)CC(C)(O)CNS(=O)(=O)c1cc(F)ccc1Cl. The van der Waals surface area contributed by atoms with Crippen LogP contribution in [0.2, 0.25) is 5.02 Å². The van der Waals surface area contributed by atoms with Crippen LogP contribution in [0.5, 0.6) is 0 Å². The minimum atomic E-state index is -3.98. The molecule has 114 valence electrons. The van der Waals surface area contributed by atoms with E-state index in [0.717, 1.165) is 12.1 Å². The van der Waals surface area contributed by atoms with Gasteiger partial charge in [-0.25, -0.2) is 17.5 Å². The minimum absolute atomic E-state index is 0.0776. The second kappa shape index (κ2) is 6.36. The third-order valence-electron chi connectivity index (χ3n) is 2.48. The van der Waals surface area contributed by atoms with E-state index in [-0.39, 0.29) is 23.0 Å². The Labute approximate surface area is 123 Å². The highest BCUT2D eigenvalue weighted by molar-refractivity contribution is 7.89. The van der Waals surface area contributed by atoms with Crippen LogP contribution in [-0.2, 0) is 10.0 Å². The molecule has 1 aromatic carbocycles. The number of rotatable bonds is 6. The second-order valence-electron chi connectivity index (χ2n) is 5.13. The molecule has 0 aliphatic carbocycles. The Hall–Kier alpha value is -0.730. The molecule has 0 fully saturated rings. The molecule has 0 aromatic heterocycles. The van der Waals surface area contributed by atoms with E-state index in [1.54, 1.807) is 19.0 Å². The van der Waals surface area contributed by atoms with E-state index < -0.39 is 21.4 Å². The van der Waals surface area contributed by atoms with Crippen LogP contribution in [0.25, 0.3) is 0 Å². The van der Waals surface area contributed by atoms with Crippen LogP contribution in [-0.4, -0.2) is 51.2 Å². The molecular formula is C12H18ClFN2O3S. The Morgan fingerprint density at radius 2 is 2.05 bits per heavy atom. The molecule has 0 saturated heterocycles. The summed E-state index contributed by atoms with van der Waals surface area (Å²) in [5.74, 6) is -0.699. The molecule has 0 aliphatic rings. The van der Waals surface area contributed by atoms with Crippen molar-refractivity contribution in [3.63, 3.8) is 0 Å². The van der Waals surface area contributed by atoms with Gasteiger partial charge in [-0.1, -0.05) is 11.6 Å². The first-order valence-corrected chi connectivity index (χ1v) is 7.71. The molecule has 5 nitrogen and oxygen atoms in total. The quantitative estimate of drug-likeness (QED) is 0.821. The Kier molecular flexibility index (Phi) is 5.51. The number of hydrogen-bond acceptors (Lipinski definition) is 4. The molecule has 0 radical (unpaired) electrons. The van der Waals surface area contributed by atoms with Gasteiger partial charge in [0.1, 0.15) is 10.7 Å². The van der Waals surface area contributed by atoms with Gasteiger partial charge in [-0.15, -0.1) is 0 Å². The number of benzene rings is 1. The summed E-state index contributed by atoms with van der Waals surface area (Å²) in [6, 6.07) is 3.08. The van der Waals surface area contributed by atoms with Crippen molar-refractivity contribution in [2.24, 2.45) is 0 Å². The van der Waals surface area contributed by atoms with Crippen molar-refractivity contribution in [3.8, 4) is 0 Å². The molecule has 0 heterocycles. The maximum Gasteiger partial charge on any atom is 0.242 e. The topological polar surface area (TPSA) is 69.6 Å². The first-order chi connectivity index (χ1) is 9.03. The lowest BCUT2D eigenvalue weighted by molar-refractivity contribution is 0.0386. The van der Waals surface area contributed by atoms with E-state index in [1.165, 1.54) is 13.0 Å². The van der Waals surface area contributed by atoms with E-state index in [1.807, 2.05) is 0 Å². The lowest BCUT2D eigenvalue weighted by Crippen LogP contribution is -2.47. The van der Waals surface area contributed by atoms with Crippen LogP contribution in [0.1, 0.15) is 6.92 Å². The van der Waals surface area contributed by atoms with Crippen molar-refractivity contribution in [2.75, 3.05) is 27.2 Å². The summed E-state index contributed by atoms with van der Waals surface area (Å²) < 4.78 is 39.5. The fourth-order valence-electron chi connectivity index (χ4n) is 1.75. The molecule has 1 atom stereocenters. The zero-order valence-corrected chi connectivity index (χ0v) is 13.1. The van der Waals surface area contributed by atoms with Gasteiger partial charge in [-0.3, -0.25) is 0 Å². The standard InChI is InChI=1S/C12H18ClFN2O3S/c1-12(17,8-16(2)3)7-15-20(18,19)11-6-9(14)4-5-10(11)13/h4-6,15,17H,7-8H2,1-3H3. The highest BCUT2D eigenvalue weighted by atomic mass is 35.5. The number of hydrogen-bond donors (Lipinski definition) is 2. The number of aliphatic hydroxyl groups is 1. The van der Waals surface area contributed by atoms with Gasteiger partial charge in [0.2, 0.25) is 10.0 Å². The van der Waals surface area contributed by atoms with E-state index >= 15 is 0 Å². The van der Waals surface area contributed by atoms with Crippen LogP contribution in [0.3, 0.4) is 0 Å². The van der Waals surface area contributed by atoms with Crippen molar-refractivity contribution in [2.45, 2.75) is 17.4 Å². The van der Waals surface area contributed by atoms with Gasteiger partial charge in [0.05, 0.1) is 10.6 Å². The Morgan fingerprint density at radius 3 is 2.60 bits per heavy atom. The molecule has 1 aromatic rings. The number of sulfonamides is 1. The lowest BCUT2D eigenvalue weighted by atomic mass is 10.1. The maximum absolute atomic E-state index is 13.1. The zero-order chi connectivity index (χ0) is 15.6. The van der Waals surface area contributed by atoms with Crippen molar-refractivity contribution >= 4 is 21.6 Å². The van der Waals surface area contributed by atoms with Crippen LogP contribution in [0, 0.1) is 5.82 Å². The number of likely N-dealkylation sites (N-methyl/N-ethyl adjacent to an activating group) is 1. The molecule has 2 N–H and O–H groups in total. The van der Waals surface area contributed by atoms with Crippen LogP contribution >= 0.6 is 11.6 Å². The smallest absolute Gasteiger partial charge is 0.242 e. The molecular weight excluding hydrogens is 307 g/mol. The normalized spacial score (nSPS) is 15.3. The second-order valence-corrected chi connectivity index (χ2v) is 7.28. The van der Waals surface area contributed by atoms with Crippen molar-refractivity contribution in [1.29, 1.82) is 0 Å². The average molecular weight is 325 g/mol. The highest BCUT2D eigenvalue weighted by Crippen LogP contribution is 2.22. The molecule has 0 amide bonds. The fourth-order valence-corrected chi connectivity index (χ4v) is 3.42. The third-order valence-corrected chi connectivity index (χ3v) is 4.37. The molecule has 1 rings (SSSR count).